The standard InChI is InChI=1S/C21H24BrFN6O4S/c22-15-2-4-18(23)14(8-15)10-29-6-5-19(28-29)20(30)17-9-25-12-26-21(17)27-16-3-1-13(7-16)11-33-34(24,31)32/h2,4-6,8-9,12-13,16,20,30H,1,3,7,10-11H2,(H2,24,31,32)(H,25,26,27)/t13-,16+,20?/m1/s1. The lowest BCUT2D eigenvalue weighted by molar-refractivity contribution is 0.214. The zero-order chi connectivity index (χ0) is 24.3. The van der Waals surface area contributed by atoms with E-state index in [1.807, 2.05) is 0 Å². The number of aliphatic hydroxyl groups excluding tert-OH is 1. The highest BCUT2D eigenvalue weighted by molar-refractivity contribution is 9.10. The number of aliphatic hydroxyl groups is 1. The number of hydrogen-bond acceptors (Lipinski definition) is 8. The molecule has 0 aliphatic heterocycles. The minimum atomic E-state index is -3.97. The Hall–Kier alpha value is -2.45. The summed E-state index contributed by atoms with van der Waals surface area (Å²) in [5, 5.41) is 23.6. The number of nitrogens with zero attached hydrogens (tertiary/aromatic N) is 4. The van der Waals surface area contributed by atoms with E-state index in [4.69, 9.17) is 9.32 Å². The molecule has 3 aromatic rings. The third-order valence-corrected chi connectivity index (χ3v) is 6.62. The zero-order valence-corrected chi connectivity index (χ0v) is 20.4. The van der Waals surface area contributed by atoms with Gasteiger partial charge in [-0.15, -0.1) is 0 Å². The molecule has 0 amide bonds. The minimum absolute atomic E-state index is 0.0204. The second-order valence-electron chi connectivity index (χ2n) is 8.20. The van der Waals surface area contributed by atoms with Gasteiger partial charge in [0.15, 0.2) is 0 Å². The first kappa shape index (κ1) is 24.7. The van der Waals surface area contributed by atoms with Crippen molar-refractivity contribution >= 4 is 32.1 Å². The summed E-state index contributed by atoms with van der Waals surface area (Å²) < 4.78 is 43.1. The monoisotopic (exact) mass is 554 g/mol. The van der Waals surface area contributed by atoms with E-state index in [2.05, 4.69) is 36.3 Å². The van der Waals surface area contributed by atoms with E-state index >= 15 is 0 Å². The van der Waals surface area contributed by atoms with Crippen molar-refractivity contribution in [1.82, 2.24) is 19.7 Å². The van der Waals surface area contributed by atoms with Gasteiger partial charge in [-0.1, -0.05) is 15.9 Å². The SMILES string of the molecule is NS(=O)(=O)OC[C@@H]1CC[C@H](Nc2ncncc2C(O)c2ccn(Cc3cc(Br)ccc3F)n2)C1. The Morgan fingerprint density at radius 2 is 2.18 bits per heavy atom. The van der Waals surface area contributed by atoms with Gasteiger partial charge in [0, 0.05) is 34.0 Å². The Balaban J connectivity index is 1.43. The summed E-state index contributed by atoms with van der Waals surface area (Å²) in [5.74, 6) is 0.168. The van der Waals surface area contributed by atoms with Crippen molar-refractivity contribution in [3.8, 4) is 0 Å². The van der Waals surface area contributed by atoms with E-state index in [9.17, 15) is 17.9 Å². The molecule has 182 valence electrons. The van der Waals surface area contributed by atoms with Crippen molar-refractivity contribution < 1.29 is 22.1 Å². The van der Waals surface area contributed by atoms with Crippen LogP contribution in [-0.4, -0.2) is 45.9 Å². The third-order valence-electron chi connectivity index (χ3n) is 5.67. The van der Waals surface area contributed by atoms with Crippen LogP contribution in [0.4, 0.5) is 10.2 Å². The molecule has 10 nitrogen and oxygen atoms in total. The summed E-state index contributed by atoms with van der Waals surface area (Å²) in [6.07, 6.45) is 5.69. The van der Waals surface area contributed by atoms with Crippen LogP contribution >= 0.6 is 15.9 Å². The van der Waals surface area contributed by atoms with Crippen molar-refractivity contribution in [1.29, 1.82) is 0 Å². The van der Waals surface area contributed by atoms with Gasteiger partial charge in [0.05, 0.1) is 18.8 Å². The molecule has 1 saturated carbocycles. The lowest BCUT2D eigenvalue weighted by Gasteiger charge is -2.18. The molecule has 0 bridgehead atoms. The molecule has 0 spiro atoms. The van der Waals surface area contributed by atoms with Crippen molar-refractivity contribution in [2.75, 3.05) is 11.9 Å². The van der Waals surface area contributed by atoms with Gasteiger partial charge >= 0.3 is 10.3 Å². The van der Waals surface area contributed by atoms with Gasteiger partial charge in [-0.2, -0.15) is 13.5 Å². The summed E-state index contributed by atoms with van der Waals surface area (Å²) in [5.41, 5.74) is 1.29. The van der Waals surface area contributed by atoms with Crippen LogP contribution in [0.15, 0.2) is 47.5 Å². The van der Waals surface area contributed by atoms with Crippen LogP contribution < -0.4 is 10.5 Å². The predicted octanol–water partition coefficient (Wildman–Crippen LogP) is 2.51. The second kappa shape index (κ2) is 10.4. The number of rotatable bonds is 9. The van der Waals surface area contributed by atoms with Crippen LogP contribution in [0, 0.1) is 11.7 Å². The van der Waals surface area contributed by atoms with Crippen molar-refractivity contribution in [2.45, 2.75) is 38.0 Å². The van der Waals surface area contributed by atoms with Crippen molar-refractivity contribution in [3.05, 3.63) is 70.1 Å². The van der Waals surface area contributed by atoms with Gasteiger partial charge in [0.25, 0.3) is 0 Å². The van der Waals surface area contributed by atoms with E-state index in [0.29, 0.717) is 29.1 Å². The van der Waals surface area contributed by atoms with Gasteiger partial charge in [-0.3, -0.25) is 8.86 Å². The first-order chi connectivity index (χ1) is 16.2. The van der Waals surface area contributed by atoms with Crippen molar-refractivity contribution in [3.63, 3.8) is 0 Å². The highest BCUT2D eigenvalue weighted by Crippen LogP contribution is 2.31. The Morgan fingerprint density at radius 1 is 1.35 bits per heavy atom. The van der Waals surface area contributed by atoms with Crippen LogP contribution in [0.1, 0.15) is 42.2 Å². The Kier molecular flexibility index (Phi) is 7.57. The molecular formula is C21H24BrFN6O4S. The van der Waals surface area contributed by atoms with E-state index < -0.39 is 16.4 Å². The van der Waals surface area contributed by atoms with Crippen LogP contribution in [0.25, 0.3) is 0 Å². The third kappa shape index (κ3) is 6.36. The molecular weight excluding hydrogens is 531 g/mol. The molecule has 13 heteroatoms. The highest BCUT2D eigenvalue weighted by Gasteiger charge is 2.28. The van der Waals surface area contributed by atoms with Crippen LogP contribution in [0.3, 0.4) is 0 Å². The number of anilines is 1. The molecule has 4 rings (SSSR count). The first-order valence-corrected chi connectivity index (χ1v) is 12.8. The number of nitrogens with one attached hydrogen (secondary N) is 1. The summed E-state index contributed by atoms with van der Waals surface area (Å²) in [6, 6.07) is 6.37. The molecule has 4 N–H and O–H groups in total. The Morgan fingerprint density at radius 3 is 2.97 bits per heavy atom. The number of hydrogen-bond donors (Lipinski definition) is 3. The quantitative estimate of drug-likeness (QED) is 0.365. The van der Waals surface area contributed by atoms with Gasteiger partial charge in [0.2, 0.25) is 0 Å². The number of halogens is 2. The topological polar surface area (TPSA) is 145 Å². The number of benzene rings is 1. The molecule has 0 saturated heterocycles. The van der Waals surface area contributed by atoms with Gasteiger partial charge in [0.1, 0.15) is 24.1 Å². The zero-order valence-electron chi connectivity index (χ0n) is 18.0. The molecule has 3 atom stereocenters. The summed E-state index contributed by atoms with van der Waals surface area (Å²) in [4.78, 5) is 8.31. The Labute approximate surface area is 204 Å². The van der Waals surface area contributed by atoms with Crippen molar-refractivity contribution in [2.24, 2.45) is 11.1 Å². The molecule has 2 aromatic heterocycles. The van der Waals surface area contributed by atoms with E-state index in [1.54, 1.807) is 29.1 Å². The van der Waals surface area contributed by atoms with Gasteiger partial charge in [-0.05, 0) is 49.4 Å². The molecule has 1 aliphatic carbocycles. The average Bonchev–Trinajstić information content (AvgIpc) is 3.44. The second-order valence-corrected chi connectivity index (χ2v) is 10.3. The van der Waals surface area contributed by atoms with E-state index in [-0.39, 0.29) is 30.9 Å². The molecule has 1 unspecified atom stereocenters. The van der Waals surface area contributed by atoms with E-state index in [0.717, 1.165) is 17.3 Å². The largest absolute Gasteiger partial charge is 0.382 e. The Bertz CT molecular complexity index is 1260. The summed E-state index contributed by atoms with van der Waals surface area (Å²) in [6.45, 7) is 0.241. The van der Waals surface area contributed by atoms with E-state index in [1.165, 1.54) is 18.6 Å². The fourth-order valence-corrected chi connectivity index (χ4v) is 4.80. The smallest absolute Gasteiger partial charge is 0.333 e. The highest BCUT2D eigenvalue weighted by atomic mass is 79.9. The normalized spacial score (nSPS) is 19.3. The predicted molar refractivity (Wildman–Crippen MR) is 125 cm³/mol. The maximum Gasteiger partial charge on any atom is 0.333 e. The van der Waals surface area contributed by atoms with Crippen LogP contribution in [0.2, 0.25) is 0 Å². The van der Waals surface area contributed by atoms with Crippen LogP contribution in [0.5, 0.6) is 0 Å². The number of nitrogens with two attached hydrogens (primary N) is 1. The fraction of sp³-hybridized carbons (Fsp3) is 0.381. The summed E-state index contributed by atoms with van der Waals surface area (Å²) in [7, 11) is -3.97. The summed E-state index contributed by atoms with van der Waals surface area (Å²) >= 11 is 3.34. The van der Waals surface area contributed by atoms with Crippen LogP contribution in [-0.2, 0) is 21.0 Å². The molecule has 1 aromatic carbocycles. The number of aromatic nitrogens is 4. The lowest BCUT2D eigenvalue weighted by atomic mass is 10.1. The first-order valence-electron chi connectivity index (χ1n) is 10.6. The molecule has 1 fully saturated rings. The molecule has 2 heterocycles. The van der Waals surface area contributed by atoms with Gasteiger partial charge < -0.3 is 10.4 Å². The fourth-order valence-electron chi connectivity index (χ4n) is 4.01. The lowest BCUT2D eigenvalue weighted by Crippen LogP contribution is -2.22. The average molecular weight is 555 g/mol. The minimum Gasteiger partial charge on any atom is -0.382 e. The molecule has 0 radical (unpaired) electrons. The maximum absolute atomic E-state index is 14.1. The maximum atomic E-state index is 14.1. The molecule has 1 aliphatic rings. The molecule has 34 heavy (non-hydrogen) atoms. The van der Waals surface area contributed by atoms with Gasteiger partial charge in [-0.25, -0.2) is 19.5 Å².